The first kappa shape index (κ1) is 16.8. The standard InChI is InChI=1S/C17H26N2O3/c1-21-11-5-9-18-17(20)13-19-10-4-8-16(19)14-6-3-7-15(12-14)22-2/h3,6-7,12,16H,4-5,8-11,13H2,1-2H3,(H,18,20). The van der Waals surface area contributed by atoms with Crippen molar-refractivity contribution in [3.8, 4) is 5.75 Å². The number of rotatable bonds is 8. The van der Waals surface area contributed by atoms with Gasteiger partial charge in [0.2, 0.25) is 5.91 Å². The molecule has 0 bridgehead atoms. The van der Waals surface area contributed by atoms with Crippen LogP contribution in [0.25, 0.3) is 0 Å². The molecule has 1 saturated heterocycles. The molecule has 2 rings (SSSR count). The number of nitrogens with zero attached hydrogens (tertiary/aromatic N) is 1. The number of methoxy groups -OCH3 is 2. The molecule has 0 spiro atoms. The van der Waals surface area contributed by atoms with Gasteiger partial charge in [-0.3, -0.25) is 9.69 Å². The number of amides is 1. The topological polar surface area (TPSA) is 50.8 Å². The minimum absolute atomic E-state index is 0.0888. The molecule has 22 heavy (non-hydrogen) atoms. The van der Waals surface area contributed by atoms with Gasteiger partial charge in [-0.2, -0.15) is 0 Å². The van der Waals surface area contributed by atoms with Crippen LogP contribution in [-0.4, -0.2) is 51.3 Å². The van der Waals surface area contributed by atoms with Crippen LogP contribution >= 0.6 is 0 Å². The Bertz CT molecular complexity index is 479. The predicted octanol–water partition coefficient (Wildman–Crippen LogP) is 1.98. The summed E-state index contributed by atoms with van der Waals surface area (Å²) in [5.74, 6) is 0.958. The first-order valence-corrected chi connectivity index (χ1v) is 7.88. The molecule has 1 aliphatic rings. The fourth-order valence-corrected chi connectivity index (χ4v) is 2.93. The summed E-state index contributed by atoms with van der Waals surface area (Å²) in [5.41, 5.74) is 1.23. The number of carbonyl (C=O) groups is 1. The third-order valence-electron chi connectivity index (χ3n) is 4.04. The molecule has 1 N–H and O–H groups in total. The van der Waals surface area contributed by atoms with Crippen LogP contribution in [0, 0.1) is 0 Å². The monoisotopic (exact) mass is 306 g/mol. The SMILES string of the molecule is COCCCNC(=O)CN1CCCC1c1cccc(OC)c1. The van der Waals surface area contributed by atoms with Crippen LogP contribution < -0.4 is 10.1 Å². The Morgan fingerprint density at radius 3 is 3.05 bits per heavy atom. The van der Waals surface area contributed by atoms with Crippen molar-refractivity contribution in [2.24, 2.45) is 0 Å². The highest BCUT2D eigenvalue weighted by Crippen LogP contribution is 2.32. The minimum atomic E-state index is 0.0888. The average molecular weight is 306 g/mol. The molecule has 1 amide bonds. The zero-order valence-electron chi connectivity index (χ0n) is 13.5. The fraction of sp³-hybridized carbons (Fsp3) is 0.588. The van der Waals surface area contributed by atoms with Crippen molar-refractivity contribution in [1.82, 2.24) is 10.2 Å². The normalized spacial score (nSPS) is 18.4. The van der Waals surface area contributed by atoms with E-state index in [1.165, 1.54) is 5.56 Å². The van der Waals surface area contributed by atoms with Gasteiger partial charge < -0.3 is 14.8 Å². The maximum atomic E-state index is 12.0. The van der Waals surface area contributed by atoms with Gasteiger partial charge in [-0.05, 0) is 43.5 Å². The van der Waals surface area contributed by atoms with Crippen LogP contribution in [0.2, 0.25) is 0 Å². The highest BCUT2D eigenvalue weighted by Gasteiger charge is 2.27. The van der Waals surface area contributed by atoms with Crippen molar-refractivity contribution in [2.75, 3.05) is 40.5 Å². The van der Waals surface area contributed by atoms with E-state index in [0.717, 1.165) is 31.6 Å². The van der Waals surface area contributed by atoms with Crippen LogP contribution in [0.15, 0.2) is 24.3 Å². The van der Waals surface area contributed by atoms with E-state index in [2.05, 4.69) is 22.3 Å². The van der Waals surface area contributed by atoms with Crippen molar-refractivity contribution < 1.29 is 14.3 Å². The van der Waals surface area contributed by atoms with Gasteiger partial charge in [-0.1, -0.05) is 12.1 Å². The lowest BCUT2D eigenvalue weighted by atomic mass is 10.0. The first-order valence-electron chi connectivity index (χ1n) is 7.88. The Balaban J connectivity index is 1.88. The maximum Gasteiger partial charge on any atom is 0.234 e. The van der Waals surface area contributed by atoms with Gasteiger partial charge in [0, 0.05) is 26.3 Å². The first-order chi connectivity index (χ1) is 10.7. The van der Waals surface area contributed by atoms with Gasteiger partial charge in [0.25, 0.3) is 0 Å². The molecule has 122 valence electrons. The molecule has 1 atom stereocenters. The number of likely N-dealkylation sites (tertiary alicyclic amines) is 1. The van der Waals surface area contributed by atoms with Crippen LogP contribution in [0.3, 0.4) is 0 Å². The maximum absolute atomic E-state index is 12.0. The molecule has 1 aromatic carbocycles. The van der Waals surface area contributed by atoms with Gasteiger partial charge in [-0.15, -0.1) is 0 Å². The van der Waals surface area contributed by atoms with Crippen molar-refractivity contribution in [2.45, 2.75) is 25.3 Å². The second kappa shape index (κ2) is 8.76. The number of ether oxygens (including phenoxy) is 2. The number of benzene rings is 1. The highest BCUT2D eigenvalue weighted by molar-refractivity contribution is 5.78. The van der Waals surface area contributed by atoms with E-state index in [0.29, 0.717) is 25.7 Å². The van der Waals surface area contributed by atoms with Crippen LogP contribution in [0.5, 0.6) is 5.75 Å². The Morgan fingerprint density at radius 1 is 1.41 bits per heavy atom. The minimum Gasteiger partial charge on any atom is -0.497 e. The molecule has 0 saturated carbocycles. The highest BCUT2D eigenvalue weighted by atomic mass is 16.5. The van der Waals surface area contributed by atoms with Crippen molar-refractivity contribution in [3.63, 3.8) is 0 Å². The van der Waals surface area contributed by atoms with E-state index in [1.54, 1.807) is 14.2 Å². The van der Waals surface area contributed by atoms with Gasteiger partial charge >= 0.3 is 0 Å². The lowest BCUT2D eigenvalue weighted by molar-refractivity contribution is -0.122. The van der Waals surface area contributed by atoms with Gasteiger partial charge in [0.05, 0.1) is 13.7 Å². The van der Waals surface area contributed by atoms with Crippen LogP contribution in [0.4, 0.5) is 0 Å². The second-order valence-electron chi connectivity index (χ2n) is 5.60. The zero-order chi connectivity index (χ0) is 15.8. The van der Waals surface area contributed by atoms with E-state index in [4.69, 9.17) is 9.47 Å². The van der Waals surface area contributed by atoms with E-state index in [-0.39, 0.29) is 5.91 Å². The van der Waals surface area contributed by atoms with Gasteiger partial charge in [-0.25, -0.2) is 0 Å². The molecule has 1 fully saturated rings. The molecule has 5 heteroatoms. The summed E-state index contributed by atoms with van der Waals surface area (Å²) in [6.45, 7) is 2.77. The summed E-state index contributed by atoms with van der Waals surface area (Å²) >= 11 is 0. The number of hydrogen-bond acceptors (Lipinski definition) is 4. The molecular weight excluding hydrogens is 280 g/mol. The fourth-order valence-electron chi connectivity index (χ4n) is 2.93. The van der Waals surface area contributed by atoms with Crippen LogP contribution in [0.1, 0.15) is 30.9 Å². The molecule has 1 unspecified atom stereocenters. The molecule has 1 aliphatic heterocycles. The van der Waals surface area contributed by atoms with Crippen molar-refractivity contribution in [3.05, 3.63) is 29.8 Å². The van der Waals surface area contributed by atoms with Gasteiger partial charge in [0.15, 0.2) is 0 Å². The quantitative estimate of drug-likeness (QED) is 0.746. The van der Waals surface area contributed by atoms with Gasteiger partial charge in [0.1, 0.15) is 5.75 Å². The van der Waals surface area contributed by atoms with E-state index in [9.17, 15) is 4.79 Å². The summed E-state index contributed by atoms with van der Waals surface area (Å²) in [6, 6.07) is 8.45. The Labute approximate surface area is 132 Å². The summed E-state index contributed by atoms with van der Waals surface area (Å²) in [7, 11) is 3.35. The Kier molecular flexibility index (Phi) is 6.68. The molecule has 5 nitrogen and oxygen atoms in total. The zero-order valence-corrected chi connectivity index (χ0v) is 13.5. The molecular formula is C17H26N2O3. The third-order valence-corrected chi connectivity index (χ3v) is 4.04. The Hall–Kier alpha value is -1.59. The lowest BCUT2D eigenvalue weighted by Gasteiger charge is -2.24. The smallest absolute Gasteiger partial charge is 0.234 e. The van der Waals surface area contributed by atoms with E-state index < -0.39 is 0 Å². The van der Waals surface area contributed by atoms with Crippen LogP contribution in [-0.2, 0) is 9.53 Å². The molecule has 0 radical (unpaired) electrons. The number of hydrogen-bond donors (Lipinski definition) is 1. The summed E-state index contributed by atoms with van der Waals surface area (Å²) in [6.07, 6.45) is 3.06. The number of nitrogens with one attached hydrogen (secondary N) is 1. The summed E-state index contributed by atoms with van der Waals surface area (Å²) < 4.78 is 10.3. The predicted molar refractivity (Wildman–Crippen MR) is 86.0 cm³/mol. The average Bonchev–Trinajstić information content (AvgIpc) is 2.99. The lowest BCUT2D eigenvalue weighted by Crippen LogP contribution is -2.37. The van der Waals surface area contributed by atoms with E-state index >= 15 is 0 Å². The molecule has 1 aromatic rings. The van der Waals surface area contributed by atoms with Crippen molar-refractivity contribution >= 4 is 5.91 Å². The molecule has 1 heterocycles. The summed E-state index contributed by atoms with van der Waals surface area (Å²) in [5, 5.41) is 2.95. The van der Waals surface area contributed by atoms with Crippen molar-refractivity contribution in [1.29, 1.82) is 0 Å². The number of carbonyl (C=O) groups excluding carboxylic acids is 1. The largest absolute Gasteiger partial charge is 0.497 e. The third kappa shape index (κ3) is 4.71. The Morgan fingerprint density at radius 2 is 2.27 bits per heavy atom. The second-order valence-corrected chi connectivity index (χ2v) is 5.60. The molecule has 0 aliphatic carbocycles. The molecule has 0 aromatic heterocycles. The van der Waals surface area contributed by atoms with E-state index in [1.807, 2.05) is 12.1 Å². The summed E-state index contributed by atoms with van der Waals surface area (Å²) in [4.78, 5) is 14.3.